The summed E-state index contributed by atoms with van der Waals surface area (Å²) in [5, 5.41) is 13.4. The molecule has 0 aromatic heterocycles. The van der Waals surface area contributed by atoms with Gasteiger partial charge >= 0.3 is 0 Å². The van der Waals surface area contributed by atoms with Crippen LogP contribution < -0.4 is 10.2 Å². The zero-order valence-electron chi connectivity index (χ0n) is 12.6. The molecule has 0 amide bonds. The Morgan fingerprint density at radius 2 is 1.95 bits per heavy atom. The molecule has 3 rings (SSSR count). The van der Waals surface area contributed by atoms with E-state index in [-0.39, 0.29) is 6.10 Å². The average molecular weight is 274 g/mol. The fraction of sp³-hybridized carbons (Fsp3) is 0.647. The maximum atomic E-state index is 9.97. The number of nitrogens with zero attached hydrogens (tertiary/aromatic N) is 1. The second-order valence-electron chi connectivity index (χ2n) is 6.33. The summed E-state index contributed by atoms with van der Waals surface area (Å²) in [5.74, 6) is 0. The lowest BCUT2D eigenvalue weighted by Crippen LogP contribution is -2.45. The predicted octanol–water partition coefficient (Wildman–Crippen LogP) is 2.60. The van der Waals surface area contributed by atoms with E-state index in [1.165, 1.54) is 29.7 Å². The van der Waals surface area contributed by atoms with Gasteiger partial charge in [0.1, 0.15) is 0 Å². The lowest BCUT2D eigenvalue weighted by molar-refractivity contribution is 0.126. The average Bonchev–Trinajstić information content (AvgIpc) is 2.68. The van der Waals surface area contributed by atoms with Gasteiger partial charge in [-0.25, -0.2) is 0 Å². The third kappa shape index (κ3) is 2.57. The molecule has 2 unspecified atom stereocenters. The van der Waals surface area contributed by atoms with Crippen LogP contribution in [0, 0.1) is 6.92 Å². The first-order chi connectivity index (χ1) is 9.69. The quantitative estimate of drug-likeness (QED) is 0.886. The van der Waals surface area contributed by atoms with Crippen molar-refractivity contribution in [2.24, 2.45) is 0 Å². The van der Waals surface area contributed by atoms with Crippen molar-refractivity contribution >= 4 is 5.69 Å². The minimum Gasteiger partial charge on any atom is -0.393 e. The van der Waals surface area contributed by atoms with Crippen LogP contribution in [-0.4, -0.2) is 29.8 Å². The zero-order chi connectivity index (χ0) is 14.1. The molecule has 1 aromatic rings. The highest BCUT2D eigenvalue weighted by Gasteiger charge is 2.40. The molecule has 2 aliphatic rings. The number of fused-ring (bicyclic) bond motifs is 2. The molecule has 0 saturated carbocycles. The number of piperidine rings is 1. The Balaban J connectivity index is 1.90. The number of hydrogen-bond donors (Lipinski definition) is 2. The van der Waals surface area contributed by atoms with Gasteiger partial charge in [0.25, 0.3) is 0 Å². The Morgan fingerprint density at radius 1 is 1.25 bits per heavy atom. The third-order valence-corrected chi connectivity index (χ3v) is 4.79. The standard InChI is InChI=1S/C17H26N2O/c1-3-18-11-13-8-12(2)4-7-17(13)19-14-5-6-15(19)10-16(20)9-14/h4,7-8,14-16,18,20H,3,5-6,9-11H2,1-2H3. The lowest BCUT2D eigenvalue weighted by Gasteiger charge is -2.40. The lowest BCUT2D eigenvalue weighted by atomic mass is 9.97. The van der Waals surface area contributed by atoms with E-state index < -0.39 is 0 Å². The number of nitrogens with one attached hydrogen (secondary N) is 1. The maximum absolute atomic E-state index is 9.97. The zero-order valence-corrected chi connectivity index (χ0v) is 12.6. The molecule has 1 aromatic carbocycles. The molecule has 2 bridgehead atoms. The molecule has 2 aliphatic heterocycles. The largest absolute Gasteiger partial charge is 0.393 e. The summed E-state index contributed by atoms with van der Waals surface area (Å²) < 4.78 is 0. The van der Waals surface area contributed by atoms with Crippen molar-refractivity contribution in [1.82, 2.24) is 5.32 Å². The molecule has 20 heavy (non-hydrogen) atoms. The van der Waals surface area contributed by atoms with Gasteiger partial charge in [-0.05, 0) is 50.8 Å². The van der Waals surface area contributed by atoms with E-state index in [9.17, 15) is 5.11 Å². The van der Waals surface area contributed by atoms with Crippen molar-refractivity contribution in [2.75, 3.05) is 11.4 Å². The molecule has 0 radical (unpaired) electrons. The van der Waals surface area contributed by atoms with Crippen molar-refractivity contribution < 1.29 is 5.11 Å². The van der Waals surface area contributed by atoms with Crippen LogP contribution in [0.1, 0.15) is 43.7 Å². The fourth-order valence-corrected chi connectivity index (χ4v) is 3.91. The van der Waals surface area contributed by atoms with Gasteiger partial charge in [0.15, 0.2) is 0 Å². The first-order valence-electron chi connectivity index (χ1n) is 7.95. The van der Waals surface area contributed by atoms with Crippen LogP contribution in [0.4, 0.5) is 5.69 Å². The molecular formula is C17H26N2O. The summed E-state index contributed by atoms with van der Waals surface area (Å²) >= 11 is 0. The van der Waals surface area contributed by atoms with E-state index in [1.54, 1.807) is 0 Å². The molecular weight excluding hydrogens is 248 g/mol. The van der Waals surface area contributed by atoms with E-state index in [0.29, 0.717) is 12.1 Å². The molecule has 2 heterocycles. The predicted molar refractivity (Wildman–Crippen MR) is 83.1 cm³/mol. The van der Waals surface area contributed by atoms with Gasteiger partial charge in [0.2, 0.25) is 0 Å². The third-order valence-electron chi connectivity index (χ3n) is 4.79. The van der Waals surface area contributed by atoms with Crippen LogP contribution in [0.25, 0.3) is 0 Å². The fourth-order valence-electron chi connectivity index (χ4n) is 3.91. The Hall–Kier alpha value is -1.06. The van der Waals surface area contributed by atoms with Crippen LogP contribution in [0.3, 0.4) is 0 Å². The number of rotatable bonds is 4. The minimum atomic E-state index is -0.0913. The summed E-state index contributed by atoms with van der Waals surface area (Å²) in [5.41, 5.74) is 4.11. The summed E-state index contributed by atoms with van der Waals surface area (Å²) in [7, 11) is 0. The molecule has 3 nitrogen and oxygen atoms in total. The number of aryl methyl sites for hydroxylation is 1. The highest BCUT2D eigenvalue weighted by atomic mass is 16.3. The second kappa shape index (κ2) is 5.74. The Kier molecular flexibility index (Phi) is 3.99. The molecule has 2 N–H and O–H groups in total. The number of hydrogen-bond acceptors (Lipinski definition) is 3. The summed E-state index contributed by atoms with van der Waals surface area (Å²) in [6, 6.07) is 7.88. The maximum Gasteiger partial charge on any atom is 0.0579 e. The van der Waals surface area contributed by atoms with Crippen molar-refractivity contribution in [1.29, 1.82) is 0 Å². The van der Waals surface area contributed by atoms with E-state index >= 15 is 0 Å². The highest BCUT2D eigenvalue weighted by molar-refractivity contribution is 5.58. The molecule has 0 spiro atoms. The van der Waals surface area contributed by atoms with Crippen LogP contribution in [0.2, 0.25) is 0 Å². The van der Waals surface area contributed by atoms with Crippen LogP contribution in [0.15, 0.2) is 18.2 Å². The SMILES string of the molecule is CCNCc1cc(C)ccc1N1C2CCC1CC(O)C2. The number of aliphatic hydroxyl groups excluding tert-OH is 1. The molecule has 0 aliphatic carbocycles. The molecule has 2 saturated heterocycles. The van der Waals surface area contributed by atoms with Crippen molar-refractivity contribution in [3.05, 3.63) is 29.3 Å². The van der Waals surface area contributed by atoms with Gasteiger partial charge in [-0.2, -0.15) is 0 Å². The topological polar surface area (TPSA) is 35.5 Å². The van der Waals surface area contributed by atoms with Crippen molar-refractivity contribution in [2.45, 2.75) is 64.3 Å². The van der Waals surface area contributed by atoms with E-state index in [1.807, 2.05) is 0 Å². The van der Waals surface area contributed by atoms with Crippen molar-refractivity contribution in [3.8, 4) is 0 Å². The summed E-state index contributed by atoms with van der Waals surface area (Å²) in [6.45, 7) is 6.25. The van der Waals surface area contributed by atoms with Gasteiger partial charge in [0.05, 0.1) is 6.10 Å². The Morgan fingerprint density at radius 3 is 2.60 bits per heavy atom. The van der Waals surface area contributed by atoms with E-state index in [4.69, 9.17) is 0 Å². The number of benzene rings is 1. The van der Waals surface area contributed by atoms with Crippen LogP contribution >= 0.6 is 0 Å². The normalized spacial score (nSPS) is 28.9. The highest BCUT2D eigenvalue weighted by Crippen LogP contribution is 2.40. The first kappa shape index (κ1) is 13.9. The van der Waals surface area contributed by atoms with Crippen molar-refractivity contribution in [3.63, 3.8) is 0 Å². The molecule has 2 atom stereocenters. The van der Waals surface area contributed by atoms with Crippen LogP contribution in [0.5, 0.6) is 0 Å². The van der Waals surface area contributed by atoms with Gasteiger partial charge < -0.3 is 15.3 Å². The van der Waals surface area contributed by atoms with Gasteiger partial charge in [-0.1, -0.05) is 24.6 Å². The van der Waals surface area contributed by atoms with E-state index in [2.05, 4.69) is 42.3 Å². The monoisotopic (exact) mass is 274 g/mol. The molecule has 110 valence electrons. The Labute approximate surface area is 122 Å². The minimum absolute atomic E-state index is 0.0913. The first-order valence-corrected chi connectivity index (χ1v) is 7.95. The van der Waals surface area contributed by atoms with Crippen LogP contribution in [-0.2, 0) is 6.54 Å². The van der Waals surface area contributed by atoms with Gasteiger partial charge in [-0.15, -0.1) is 0 Å². The molecule has 2 fully saturated rings. The van der Waals surface area contributed by atoms with Gasteiger partial charge in [0, 0.05) is 24.3 Å². The number of anilines is 1. The second-order valence-corrected chi connectivity index (χ2v) is 6.33. The Bertz CT molecular complexity index is 460. The summed E-state index contributed by atoms with van der Waals surface area (Å²) in [4.78, 5) is 2.60. The number of aliphatic hydroxyl groups is 1. The van der Waals surface area contributed by atoms with Gasteiger partial charge in [-0.3, -0.25) is 0 Å². The summed E-state index contributed by atoms with van der Waals surface area (Å²) in [6.07, 6.45) is 4.24. The molecule has 3 heteroatoms. The smallest absolute Gasteiger partial charge is 0.0579 e. The van der Waals surface area contributed by atoms with E-state index in [0.717, 1.165) is 25.9 Å².